The summed E-state index contributed by atoms with van der Waals surface area (Å²) in [6, 6.07) is 10.1. The van der Waals surface area contributed by atoms with Gasteiger partial charge >= 0.3 is 0 Å². The van der Waals surface area contributed by atoms with Crippen LogP contribution >= 0.6 is 15.9 Å². The molecule has 1 atom stereocenters. The van der Waals surface area contributed by atoms with Gasteiger partial charge in [-0.1, -0.05) is 15.9 Å². The molecule has 2 aromatic rings. The number of benzene rings is 2. The fraction of sp³-hybridized carbons (Fsp3) is 0.364. The molecule has 0 N–H and O–H groups in total. The summed E-state index contributed by atoms with van der Waals surface area (Å²) in [7, 11) is 0. The van der Waals surface area contributed by atoms with Crippen molar-refractivity contribution in [2.75, 3.05) is 19.6 Å². The first kappa shape index (κ1) is 21.4. The standard InChI is InChI=1S/C22H23BrF2N2O2/c1-2-26(14-17-12-18(23)7-10-20(17)25)22(29)16-4-3-11-27(13-16)21(28)15-5-8-19(24)9-6-15/h5-10,12,16H,2-4,11,13-14H2,1H3. The molecular formula is C22H23BrF2N2O2. The van der Waals surface area contributed by atoms with Crippen LogP contribution in [0.1, 0.15) is 35.7 Å². The predicted octanol–water partition coefficient (Wildman–Crippen LogP) is 4.63. The molecule has 0 radical (unpaired) electrons. The van der Waals surface area contributed by atoms with Crippen molar-refractivity contribution < 1.29 is 18.4 Å². The first-order valence-corrected chi connectivity index (χ1v) is 10.5. The predicted molar refractivity (Wildman–Crippen MR) is 110 cm³/mol. The molecule has 4 nitrogen and oxygen atoms in total. The summed E-state index contributed by atoms with van der Waals surface area (Å²) >= 11 is 3.33. The summed E-state index contributed by atoms with van der Waals surface area (Å²) in [6.45, 7) is 3.37. The molecule has 1 unspecified atom stereocenters. The molecule has 1 saturated heterocycles. The Morgan fingerprint density at radius 2 is 1.90 bits per heavy atom. The van der Waals surface area contributed by atoms with E-state index in [1.807, 2.05) is 6.92 Å². The molecule has 0 spiro atoms. The van der Waals surface area contributed by atoms with Gasteiger partial charge in [0.2, 0.25) is 5.91 Å². The van der Waals surface area contributed by atoms with Gasteiger partial charge < -0.3 is 9.80 Å². The summed E-state index contributed by atoms with van der Waals surface area (Å²) in [4.78, 5) is 29.1. The van der Waals surface area contributed by atoms with E-state index in [0.29, 0.717) is 43.6 Å². The fourth-order valence-electron chi connectivity index (χ4n) is 3.61. The van der Waals surface area contributed by atoms with Gasteiger partial charge in [-0.25, -0.2) is 8.78 Å². The van der Waals surface area contributed by atoms with E-state index in [4.69, 9.17) is 0 Å². The molecule has 1 aliphatic heterocycles. The van der Waals surface area contributed by atoms with Crippen LogP contribution in [0.2, 0.25) is 0 Å². The maximum atomic E-state index is 14.1. The topological polar surface area (TPSA) is 40.6 Å². The van der Waals surface area contributed by atoms with E-state index in [9.17, 15) is 18.4 Å². The van der Waals surface area contributed by atoms with Crippen LogP contribution < -0.4 is 0 Å². The molecule has 3 rings (SSSR count). The molecule has 1 aliphatic rings. The van der Waals surface area contributed by atoms with Gasteiger partial charge in [-0.05, 0) is 62.2 Å². The van der Waals surface area contributed by atoms with Crippen LogP contribution in [0.3, 0.4) is 0 Å². The van der Waals surface area contributed by atoms with E-state index in [1.165, 1.54) is 30.3 Å². The van der Waals surface area contributed by atoms with Crippen molar-refractivity contribution in [3.8, 4) is 0 Å². The average Bonchev–Trinajstić information content (AvgIpc) is 2.74. The van der Waals surface area contributed by atoms with Crippen LogP contribution in [-0.4, -0.2) is 41.2 Å². The minimum Gasteiger partial charge on any atom is -0.338 e. The third-order valence-electron chi connectivity index (χ3n) is 5.21. The first-order chi connectivity index (χ1) is 13.9. The lowest BCUT2D eigenvalue weighted by atomic mass is 9.95. The van der Waals surface area contributed by atoms with Crippen LogP contribution in [-0.2, 0) is 11.3 Å². The molecule has 0 aromatic heterocycles. The smallest absolute Gasteiger partial charge is 0.253 e. The number of hydrogen-bond acceptors (Lipinski definition) is 2. The Morgan fingerprint density at radius 1 is 1.17 bits per heavy atom. The van der Waals surface area contributed by atoms with Crippen molar-refractivity contribution in [3.63, 3.8) is 0 Å². The Bertz CT molecular complexity index is 889. The van der Waals surface area contributed by atoms with Gasteiger partial charge in [0.15, 0.2) is 0 Å². The van der Waals surface area contributed by atoms with E-state index in [2.05, 4.69) is 15.9 Å². The van der Waals surface area contributed by atoms with E-state index >= 15 is 0 Å². The van der Waals surface area contributed by atoms with Crippen molar-refractivity contribution >= 4 is 27.7 Å². The van der Waals surface area contributed by atoms with Gasteiger partial charge in [-0.15, -0.1) is 0 Å². The van der Waals surface area contributed by atoms with Gasteiger partial charge in [-0.2, -0.15) is 0 Å². The molecule has 7 heteroatoms. The molecule has 2 aromatic carbocycles. The number of nitrogens with zero attached hydrogens (tertiary/aromatic N) is 2. The fourth-order valence-corrected chi connectivity index (χ4v) is 4.02. The van der Waals surface area contributed by atoms with Crippen LogP contribution in [0.25, 0.3) is 0 Å². The van der Waals surface area contributed by atoms with E-state index in [-0.39, 0.29) is 30.1 Å². The minimum atomic E-state index is -0.397. The third-order valence-corrected chi connectivity index (χ3v) is 5.70. The lowest BCUT2D eigenvalue weighted by Gasteiger charge is -2.35. The van der Waals surface area contributed by atoms with Gasteiger partial charge in [-0.3, -0.25) is 9.59 Å². The molecule has 154 valence electrons. The Labute approximate surface area is 177 Å². The highest BCUT2D eigenvalue weighted by molar-refractivity contribution is 9.10. The highest BCUT2D eigenvalue weighted by Gasteiger charge is 2.31. The molecule has 0 aliphatic carbocycles. The largest absolute Gasteiger partial charge is 0.338 e. The van der Waals surface area contributed by atoms with Crippen molar-refractivity contribution in [2.24, 2.45) is 5.92 Å². The molecule has 1 fully saturated rings. The van der Waals surface area contributed by atoms with Gasteiger partial charge in [0.05, 0.1) is 5.92 Å². The zero-order chi connectivity index (χ0) is 21.0. The van der Waals surface area contributed by atoms with Crippen molar-refractivity contribution in [1.82, 2.24) is 9.80 Å². The third kappa shape index (κ3) is 5.21. The SMILES string of the molecule is CCN(Cc1cc(Br)ccc1F)C(=O)C1CCCN(C(=O)c2ccc(F)cc2)C1. The molecule has 29 heavy (non-hydrogen) atoms. The number of carbonyl (C=O) groups excluding carboxylic acids is 2. The normalized spacial score (nSPS) is 16.6. The number of rotatable bonds is 5. The second kappa shape index (κ2) is 9.48. The molecule has 2 amide bonds. The number of piperidine rings is 1. The summed E-state index contributed by atoms with van der Waals surface area (Å²) < 4.78 is 28.0. The number of carbonyl (C=O) groups is 2. The van der Waals surface area contributed by atoms with Crippen LogP contribution in [0.4, 0.5) is 8.78 Å². The maximum absolute atomic E-state index is 14.1. The summed E-state index contributed by atoms with van der Waals surface area (Å²) in [6.07, 6.45) is 1.40. The van der Waals surface area contributed by atoms with Crippen molar-refractivity contribution in [1.29, 1.82) is 0 Å². The second-order valence-corrected chi connectivity index (χ2v) is 8.10. The number of hydrogen-bond donors (Lipinski definition) is 0. The monoisotopic (exact) mass is 464 g/mol. The van der Waals surface area contributed by atoms with Crippen LogP contribution in [0.5, 0.6) is 0 Å². The Kier molecular flexibility index (Phi) is 7.00. The summed E-state index contributed by atoms with van der Waals surface area (Å²) in [5, 5.41) is 0. The number of likely N-dealkylation sites (tertiary alicyclic amines) is 1. The van der Waals surface area contributed by atoms with Crippen molar-refractivity contribution in [3.05, 3.63) is 69.7 Å². The Balaban J connectivity index is 1.69. The highest BCUT2D eigenvalue weighted by Crippen LogP contribution is 2.23. The maximum Gasteiger partial charge on any atom is 0.253 e. The average molecular weight is 465 g/mol. The number of amides is 2. The first-order valence-electron chi connectivity index (χ1n) is 9.66. The van der Waals surface area contributed by atoms with Gasteiger partial charge in [0, 0.05) is 41.8 Å². The molecule has 0 bridgehead atoms. The second-order valence-electron chi connectivity index (χ2n) is 7.19. The van der Waals surface area contributed by atoms with Gasteiger partial charge in [0.1, 0.15) is 11.6 Å². The molecule has 0 saturated carbocycles. The Hall–Kier alpha value is -2.28. The lowest BCUT2D eigenvalue weighted by molar-refractivity contribution is -0.137. The summed E-state index contributed by atoms with van der Waals surface area (Å²) in [5.41, 5.74) is 0.854. The summed E-state index contributed by atoms with van der Waals surface area (Å²) in [5.74, 6) is -1.36. The Morgan fingerprint density at radius 3 is 2.59 bits per heavy atom. The van der Waals surface area contributed by atoms with Crippen LogP contribution in [0.15, 0.2) is 46.9 Å². The van der Waals surface area contributed by atoms with E-state index in [0.717, 1.165) is 4.47 Å². The lowest BCUT2D eigenvalue weighted by Crippen LogP contribution is -2.46. The minimum absolute atomic E-state index is 0.0801. The highest BCUT2D eigenvalue weighted by atomic mass is 79.9. The zero-order valence-corrected chi connectivity index (χ0v) is 17.8. The van der Waals surface area contributed by atoms with Crippen molar-refractivity contribution in [2.45, 2.75) is 26.3 Å². The zero-order valence-electron chi connectivity index (χ0n) is 16.2. The van der Waals surface area contributed by atoms with E-state index < -0.39 is 5.82 Å². The molecule has 1 heterocycles. The van der Waals surface area contributed by atoms with Gasteiger partial charge in [0.25, 0.3) is 5.91 Å². The van der Waals surface area contributed by atoms with E-state index in [1.54, 1.807) is 21.9 Å². The molecular weight excluding hydrogens is 442 g/mol. The number of halogens is 3. The van der Waals surface area contributed by atoms with Crippen LogP contribution in [0, 0.1) is 17.6 Å². The quantitative estimate of drug-likeness (QED) is 0.647.